The minimum atomic E-state index is 0.109. The Bertz CT molecular complexity index is 263. The summed E-state index contributed by atoms with van der Waals surface area (Å²) in [7, 11) is 0. The molecule has 1 aromatic rings. The van der Waals surface area contributed by atoms with Crippen LogP contribution >= 0.6 is 0 Å². The normalized spacial score (nSPS) is 10.2. The zero-order valence-electron chi connectivity index (χ0n) is 7.68. The van der Waals surface area contributed by atoms with Crippen molar-refractivity contribution >= 4 is 5.78 Å². The molecular weight excluding hydrogens is 150 g/mol. The molecule has 0 aliphatic heterocycles. The Hall–Kier alpha value is -1.05. The Balaban J connectivity index is 2.58. The van der Waals surface area contributed by atoms with Crippen LogP contribution in [0.2, 0.25) is 0 Å². The molecule has 0 amide bonds. The van der Waals surface area contributed by atoms with Crippen LogP contribution in [0.25, 0.3) is 0 Å². The zero-order valence-corrected chi connectivity index (χ0v) is 7.68. The SMILES string of the molecule is CCCCc1c[nH]c(C(C)=O)c1. The van der Waals surface area contributed by atoms with Crippen molar-refractivity contribution in [3.63, 3.8) is 0 Å². The van der Waals surface area contributed by atoms with E-state index < -0.39 is 0 Å². The minimum Gasteiger partial charge on any atom is -0.359 e. The van der Waals surface area contributed by atoms with Crippen molar-refractivity contribution in [1.82, 2.24) is 4.98 Å². The van der Waals surface area contributed by atoms with Crippen LogP contribution in [0.1, 0.15) is 42.7 Å². The average Bonchev–Trinajstić information content (AvgIpc) is 2.48. The minimum absolute atomic E-state index is 0.109. The smallest absolute Gasteiger partial charge is 0.175 e. The number of ketones is 1. The van der Waals surface area contributed by atoms with Crippen molar-refractivity contribution in [3.8, 4) is 0 Å². The van der Waals surface area contributed by atoms with Gasteiger partial charge in [-0.05, 0) is 24.5 Å². The van der Waals surface area contributed by atoms with Gasteiger partial charge in [-0.25, -0.2) is 0 Å². The molecule has 0 atom stereocenters. The lowest BCUT2D eigenvalue weighted by Gasteiger charge is -1.91. The first-order chi connectivity index (χ1) is 5.74. The van der Waals surface area contributed by atoms with Crippen LogP contribution in [0.4, 0.5) is 0 Å². The Morgan fingerprint density at radius 3 is 2.83 bits per heavy atom. The molecular formula is C10H15NO. The molecule has 0 unspecified atom stereocenters. The van der Waals surface area contributed by atoms with Gasteiger partial charge in [0.05, 0.1) is 5.69 Å². The van der Waals surface area contributed by atoms with Gasteiger partial charge in [0.2, 0.25) is 0 Å². The van der Waals surface area contributed by atoms with Gasteiger partial charge in [0.15, 0.2) is 5.78 Å². The van der Waals surface area contributed by atoms with Gasteiger partial charge < -0.3 is 4.98 Å². The third-order valence-corrected chi connectivity index (χ3v) is 1.94. The number of hydrogen-bond acceptors (Lipinski definition) is 1. The second-order valence-electron chi connectivity index (χ2n) is 3.08. The third kappa shape index (κ3) is 2.22. The van der Waals surface area contributed by atoms with E-state index in [1.807, 2.05) is 12.3 Å². The van der Waals surface area contributed by atoms with Crippen molar-refractivity contribution in [2.24, 2.45) is 0 Å². The van der Waals surface area contributed by atoms with Crippen LogP contribution in [-0.4, -0.2) is 10.8 Å². The number of Topliss-reactive ketones (excluding diaryl/α,β-unsaturated/α-hetero) is 1. The van der Waals surface area contributed by atoms with E-state index >= 15 is 0 Å². The number of rotatable bonds is 4. The summed E-state index contributed by atoms with van der Waals surface area (Å²) in [5, 5.41) is 0. The maximum Gasteiger partial charge on any atom is 0.175 e. The van der Waals surface area contributed by atoms with E-state index in [2.05, 4.69) is 11.9 Å². The molecule has 2 nitrogen and oxygen atoms in total. The van der Waals surface area contributed by atoms with Crippen molar-refractivity contribution < 1.29 is 4.79 Å². The van der Waals surface area contributed by atoms with Gasteiger partial charge in [0.1, 0.15) is 0 Å². The second kappa shape index (κ2) is 4.10. The first-order valence-corrected chi connectivity index (χ1v) is 4.42. The maximum atomic E-state index is 10.9. The number of carbonyl (C=O) groups is 1. The van der Waals surface area contributed by atoms with E-state index in [4.69, 9.17) is 0 Å². The van der Waals surface area contributed by atoms with Gasteiger partial charge in [-0.1, -0.05) is 13.3 Å². The number of aryl methyl sites for hydroxylation is 1. The molecule has 0 aliphatic rings. The molecule has 1 aromatic heterocycles. The Morgan fingerprint density at radius 1 is 1.58 bits per heavy atom. The monoisotopic (exact) mass is 165 g/mol. The molecule has 0 saturated carbocycles. The number of H-pyrrole nitrogens is 1. The standard InChI is InChI=1S/C10H15NO/c1-3-4-5-9-6-10(8(2)12)11-7-9/h6-7,11H,3-5H2,1-2H3. The fourth-order valence-corrected chi connectivity index (χ4v) is 1.17. The summed E-state index contributed by atoms with van der Waals surface area (Å²) in [5.74, 6) is 0.109. The molecule has 66 valence electrons. The van der Waals surface area contributed by atoms with Crippen LogP contribution < -0.4 is 0 Å². The highest BCUT2D eigenvalue weighted by atomic mass is 16.1. The van der Waals surface area contributed by atoms with Crippen molar-refractivity contribution in [1.29, 1.82) is 0 Å². The predicted octanol–water partition coefficient (Wildman–Crippen LogP) is 2.56. The van der Waals surface area contributed by atoms with Gasteiger partial charge in [0, 0.05) is 13.1 Å². The summed E-state index contributed by atoms with van der Waals surface area (Å²) >= 11 is 0. The molecule has 0 bridgehead atoms. The Kier molecular flexibility index (Phi) is 3.09. The van der Waals surface area contributed by atoms with Gasteiger partial charge in [-0.3, -0.25) is 4.79 Å². The van der Waals surface area contributed by atoms with Crippen LogP contribution in [0.3, 0.4) is 0 Å². The van der Waals surface area contributed by atoms with E-state index in [1.54, 1.807) is 6.92 Å². The Morgan fingerprint density at radius 2 is 2.33 bits per heavy atom. The fourth-order valence-electron chi connectivity index (χ4n) is 1.17. The third-order valence-electron chi connectivity index (χ3n) is 1.94. The largest absolute Gasteiger partial charge is 0.359 e. The molecule has 0 saturated heterocycles. The van der Waals surface area contributed by atoms with Crippen molar-refractivity contribution in [2.45, 2.75) is 33.1 Å². The van der Waals surface area contributed by atoms with Crippen LogP contribution in [0.5, 0.6) is 0 Å². The van der Waals surface area contributed by atoms with Crippen LogP contribution in [0.15, 0.2) is 12.3 Å². The molecule has 0 aromatic carbocycles. The molecule has 0 radical (unpaired) electrons. The number of carbonyl (C=O) groups excluding carboxylic acids is 1. The van der Waals surface area contributed by atoms with Crippen molar-refractivity contribution in [3.05, 3.63) is 23.5 Å². The number of hydrogen-bond donors (Lipinski definition) is 1. The molecule has 0 fully saturated rings. The summed E-state index contributed by atoms with van der Waals surface area (Å²) in [6, 6.07) is 1.94. The van der Waals surface area contributed by atoms with Gasteiger partial charge in [-0.15, -0.1) is 0 Å². The van der Waals surface area contributed by atoms with Crippen LogP contribution in [0, 0.1) is 0 Å². The van der Waals surface area contributed by atoms with E-state index in [0.29, 0.717) is 0 Å². The molecule has 2 heteroatoms. The lowest BCUT2D eigenvalue weighted by Crippen LogP contribution is -1.89. The lowest BCUT2D eigenvalue weighted by molar-refractivity contribution is 0.101. The highest BCUT2D eigenvalue weighted by Gasteiger charge is 2.01. The summed E-state index contributed by atoms with van der Waals surface area (Å²) in [6.07, 6.45) is 5.38. The lowest BCUT2D eigenvalue weighted by atomic mass is 10.1. The number of unbranched alkanes of at least 4 members (excludes halogenated alkanes) is 1. The van der Waals surface area contributed by atoms with E-state index in [9.17, 15) is 4.79 Å². The molecule has 1 N–H and O–H groups in total. The fraction of sp³-hybridized carbons (Fsp3) is 0.500. The van der Waals surface area contributed by atoms with Gasteiger partial charge >= 0.3 is 0 Å². The van der Waals surface area contributed by atoms with E-state index in [-0.39, 0.29) is 5.78 Å². The summed E-state index contributed by atoms with van der Waals surface area (Å²) in [4.78, 5) is 13.9. The quantitative estimate of drug-likeness (QED) is 0.683. The van der Waals surface area contributed by atoms with Gasteiger partial charge in [-0.2, -0.15) is 0 Å². The number of aromatic nitrogens is 1. The first-order valence-electron chi connectivity index (χ1n) is 4.42. The first kappa shape index (κ1) is 9.04. The van der Waals surface area contributed by atoms with Gasteiger partial charge in [0.25, 0.3) is 0 Å². The molecule has 12 heavy (non-hydrogen) atoms. The molecule has 0 spiro atoms. The number of aromatic amines is 1. The topological polar surface area (TPSA) is 32.9 Å². The second-order valence-corrected chi connectivity index (χ2v) is 3.08. The van der Waals surface area contributed by atoms with Crippen LogP contribution in [-0.2, 0) is 6.42 Å². The Labute approximate surface area is 73.0 Å². The predicted molar refractivity (Wildman–Crippen MR) is 49.4 cm³/mol. The van der Waals surface area contributed by atoms with Crippen molar-refractivity contribution in [2.75, 3.05) is 0 Å². The average molecular weight is 165 g/mol. The summed E-state index contributed by atoms with van der Waals surface area (Å²) in [5.41, 5.74) is 1.96. The zero-order chi connectivity index (χ0) is 8.97. The summed E-state index contributed by atoms with van der Waals surface area (Å²) in [6.45, 7) is 3.74. The number of nitrogens with one attached hydrogen (secondary N) is 1. The highest BCUT2D eigenvalue weighted by molar-refractivity contribution is 5.92. The molecule has 1 heterocycles. The van der Waals surface area contributed by atoms with E-state index in [0.717, 1.165) is 12.1 Å². The maximum absolute atomic E-state index is 10.9. The molecule has 0 aliphatic carbocycles. The van der Waals surface area contributed by atoms with E-state index in [1.165, 1.54) is 18.4 Å². The summed E-state index contributed by atoms with van der Waals surface area (Å²) < 4.78 is 0. The molecule has 1 rings (SSSR count). The highest BCUT2D eigenvalue weighted by Crippen LogP contribution is 2.07.